The molecule has 0 aromatic rings. The van der Waals surface area contributed by atoms with Crippen LogP contribution in [0.5, 0.6) is 0 Å². The first-order valence-corrected chi connectivity index (χ1v) is 1.51. The topological polar surface area (TPSA) is 120 Å². The number of hydrogen-bond acceptors (Lipinski definition) is 4. The van der Waals surface area contributed by atoms with Crippen LogP contribution in [-0.4, -0.2) is 19.5 Å². The first-order valence-electron chi connectivity index (χ1n) is 1.51. The fourth-order valence-corrected chi connectivity index (χ4v) is 0.0667. The molecule has 8 heavy (non-hydrogen) atoms. The average Bonchev–Trinajstić information content (AvgIpc) is 1.65. The summed E-state index contributed by atoms with van der Waals surface area (Å²) in [4.78, 5) is 0. The van der Waals surface area contributed by atoms with Crippen molar-refractivity contribution in [2.45, 2.75) is 0 Å². The molecule has 7 heteroatoms. The van der Waals surface area contributed by atoms with Crippen molar-refractivity contribution < 1.29 is 0 Å². The Morgan fingerprint density at radius 3 is 1.75 bits per heavy atom. The van der Waals surface area contributed by atoms with E-state index in [0.29, 0.717) is 5.12 Å². The Kier molecular flexibility index (Phi) is 5.34. The Balaban J connectivity index is 0. The molecular formula is CH8BN6-. The maximum absolute atomic E-state index is 4.92. The van der Waals surface area contributed by atoms with E-state index in [0.717, 1.165) is 0 Å². The van der Waals surface area contributed by atoms with E-state index in [1.165, 1.54) is 0 Å². The number of guanidine groups is 1. The first-order chi connectivity index (χ1) is 3.18. The van der Waals surface area contributed by atoms with Crippen LogP contribution < -0.4 is 23.3 Å². The van der Waals surface area contributed by atoms with Crippen LogP contribution in [0.4, 0.5) is 0 Å². The molecule has 0 bridgehead atoms. The van der Waals surface area contributed by atoms with E-state index < -0.39 is 0 Å². The van der Waals surface area contributed by atoms with E-state index in [-0.39, 0.29) is 14.4 Å². The van der Waals surface area contributed by atoms with Crippen molar-refractivity contribution >= 4 is 14.4 Å². The van der Waals surface area contributed by atoms with Crippen molar-refractivity contribution in [3.05, 3.63) is 0 Å². The number of nitrogens with two attached hydrogens (primary N) is 4. The van der Waals surface area contributed by atoms with Gasteiger partial charge >= 0.3 is 0 Å². The number of hydrazone groups is 1. The van der Waals surface area contributed by atoms with E-state index in [2.05, 4.69) is 10.9 Å². The third kappa shape index (κ3) is 3.25. The molecule has 0 amide bonds. The Bertz CT molecular complexity index is 76.6. The van der Waals surface area contributed by atoms with Crippen molar-refractivity contribution in [2.24, 2.45) is 28.4 Å². The summed E-state index contributed by atoms with van der Waals surface area (Å²) in [5.41, 5.74) is 4.92. The summed E-state index contributed by atoms with van der Waals surface area (Å²) in [5, 5.41) is 3.58. The molecule has 46 valence electrons. The fourth-order valence-electron chi connectivity index (χ4n) is 0.0667. The van der Waals surface area contributed by atoms with Gasteiger partial charge in [0.05, 0.1) is 0 Å². The van der Waals surface area contributed by atoms with E-state index in [1.54, 1.807) is 0 Å². The molecule has 0 saturated heterocycles. The highest BCUT2D eigenvalue weighted by Crippen LogP contribution is 1.55. The number of hydrogen-bond donors (Lipinski definition) is 4. The van der Waals surface area contributed by atoms with Crippen LogP contribution in [-0.2, 0) is 0 Å². The zero-order valence-electron chi connectivity index (χ0n) is 4.28. The monoisotopic (exact) mass is 115 g/mol. The Labute approximate surface area is 49.0 Å². The molecule has 6 nitrogen and oxygen atoms in total. The number of rotatable bonds is 0. The van der Waals surface area contributed by atoms with Gasteiger partial charge in [-0.3, -0.25) is 0 Å². The standard InChI is InChI=1S/CH8N6.B/c2-1(6-3)7(4)5;/h3-5H2,(H2,2,6);/q;-1. The molecule has 0 aromatic heterocycles. The third-order valence-corrected chi connectivity index (χ3v) is 0.397. The van der Waals surface area contributed by atoms with Crippen molar-refractivity contribution in [3.8, 4) is 0 Å². The van der Waals surface area contributed by atoms with Gasteiger partial charge in [-0.25, -0.2) is 16.8 Å². The fraction of sp³-hybridized carbons (Fsp3) is 0. The lowest BCUT2D eigenvalue weighted by molar-refractivity contribution is 0.457. The number of nitrogens with zero attached hydrogens (tertiary/aromatic N) is 2. The van der Waals surface area contributed by atoms with Gasteiger partial charge in [0.2, 0.25) is 5.96 Å². The van der Waals surface area contributed by atoms with Gasteiger partial charge in [0.25, 0.3) is 0 Å². The van der Waals surface area contributed by atoms with Crippen molar-refractivity contribution in [3.63, 3.8) is 0 Å². The normalized spacial score (nSPS) is 10.0. The minimum absolute atomic E-state index is 0. The average molecular weight is 115 g/mol. The second kappa shape index (κ2) is 4.22. The number of hydrazine groups is 2. The summed E-state index contributed by atoms with van der Waals surface area (Å²) < 4.78 is 0. The van der Waals surface area contributed by atoms with Crippen LogP contribution in [0.3, 0.4) is 0 Å². The SMILES string of the molecule is N/N=C(\N)N(N)N.[B-]. The second-order valence-electron chi connectivity index (χ2n) is 0.895. The molecule has 0 unspecified atom stereocenters. The van der Waals surface area contributed by atoms with Crippen LogP contribution in [0.15, 0.2) is 5.10 Å². The van der Waals surface area contributed by atoms with Crippen molar-refractivity contribution in [2.75, 3.05) is 0 Å². The van der Waals surface area contributed by atoms with Crippen LogP contribution in [0.25, 0.3) is 0 Å². The quantitative estimate of drug-likeness (QED) is 0.0872. The predicted octanol–water partition coefficient (Wildman–Crippen LogP) is -3.16. The molecule has 4 radical (unpaired) electrons. The van der Waals surface area contributed by atoms with Crippen LogP contribution in [0, 0.1) is 0 Å². The molecule has 0 atom stereocenters. The summed E-state index contributed by atoms with van der Waals surface area (Å²) in [6.07, 6.45) is 0. The Morgan fingerprint density at radius 1 is 1.38 bits per heavy atom. The third-order valence-electron chi connectivity index (χ3n) is 0.397. The molecule has 0 heterocycles. The molecule has 0 aromatic carbocycles. The molecule has 0 rings (SSSR count). The van der Waals surface area contributed by atoms with Gasteiger partial charge in [0.15, 0.2) is 0 Å². The lowest BCUT2D eigenvalue weighted by Gasteiger charge is -2.06. The van der Waals surface area contributed by atoms with E-state index in [1.807, 2.05) is 0 Å². The van der Waals surface area contributed by atoms with Crippen molar-refractivity contribution in [1.29, 1.82) is 0 Å². The molecule has 0 spiro atoms. The minimum Gasteiger partial charge on any atom is -1.00 e. The summed E-state index contributed by atoms with van der Waals surface area (Å²) in [6.45, 7) is 0. The minimum atomic E-state index is -0.111. The van der Waals surface area contributed by atoms with Gasteiger partial charge in [0, 0.05) is 0 Å². The molecular weight excluding hydrogens is 107 g/mol. The highest BCUT2D eigenvalue weighted by atomic mass is 15.6. The highest BCUT2D eigenvalue weighted by molar-refractivity contribution is 5.76. The molecule has 8 N–H and O–H groups in total. The zero-order valence-corrected chi connectivity index (χ0v) is 4.28. The maximum Gasteiger partial charge on any atom is 0.242 e. The van der Waals surface area contributed by atoms with E-state index >= 15 is 0 Å². The van der Waals surface area contributed by atoms with Gasteiger partial charge in [-0.05, 0) is 0 Å². The lowest BCUT2D eigenvalue weighted by atomic mass is 10.8. The maximum atomic E-state index is 4.92. The molecule has 0 aliphatic heterocycles. The summed E-state index contributed by atoms with van der Waals surface area (Å²) in [6, 6.07) is 0. The lowest BCUT2D eigenvalue weighted by Crippen LogP contribution is -2.48. The van der Waals surface area contributed by atoms with E-state index in [4.69, 9.17) is 17.4 Å². The van der Waals surface area contributed by atoms with Crippen LogP contribution >= 0.6 is 0 Å². The summed E-state index contributed by atoms with van der Waals surface area (Å²) in [5.74, 6) is 14.2. The van der Waals surface area contributed by atoms with Crippen molar-refractivity contribution in [1.82, 2.24) is 5.12 Å². The Morgan fingerprint density at radius 2 is 1.75 bits per heavy atom. The smallest absolute Gasteiger partial charge is 0.242 e. The zero-order chi connectivity index (χ0) is 5.86. The first kappa shape index (κ1) is 10.1. The van der Waals surface area contributed by atoms with Gasteiger partial charge in [-0.1, -0.05) is 0 Å². The van der Waals surface area contributed by atoms with Gasteiger partial charge in [-0.2, -0.15) is 0 Å². The molecule has 0 saturated carbocycles. The second-order valence-corrected chi connectivity index (χ2v) is 0.895. The molecule has 0 aliphatic rings. The van der Waals surface area contributed by atoms with E-state index in [9.17, 15) is 0 Å². The summed E-state index contributed by atoms with van der Waals surface area (Å²) in [7, 11) is 0. The van der Waals surface area contributed by atoms with Crippen LogP contribution in [0.2, 0.25) is 0 Å². The highest BCUT2D eigenvalue weighted by Gasteiger charge is 1.88. The summed E-state index contributed by atoms with van der Waals surface area (Å²) >= 11 is 0. The van der Waals surface area contributed by atoms with Crippen LogP contribution in [0.1, 0.15) is 0 Å². The largest absolute Gasteiger partial charge is 1.00 e. The Hall–Kier alpha value is -0.945. The predicted molar refractivity (Wildman–Crippen MR) is 31.8 cm³/mol. The van der Waals surface area contributed by atoms with Gasteiger partial charge in [0.1, 0.15) is 0 Å². The molecule has 0 fully saturated rings. The van der Waals surface area contributed by atoms with Gasteiger partial charge < -0.3 is 20.0 Å². The molecule has 0 aliphatic carbocycles. The van der Waals surface area contributed by atoms with Gasteiger partial charge in [-0.15, -0.1) is 5.10 Å².